The van der Waals surface area contributed by atoms with Gasteiger partial charge in [-0.3, -0.25) is 14.7 Å². The lowest BCUT2D eigenvalue weighted by Crippen LogP contribution is -2.50. The number of piperazine rings is 1. The molecule has 2 aliphatic rings. The number of hydrogen-bond acceptors (Lipinski definition) is 5. The number of amides is 1. The van der Waals surface area contributed by atoms with Crippen molar-refractivity contribution < 1.29 is 4.79 Å². The molecule has 4 rings (SSSR count). The summed E-state index contributed by atoms with van der Waals surface area (Å²) in [6, 6.07) is 8.51. The highest BCUT2D eigenvalue weighted by Gasteiger charge is 2.26. The Balaban J connectivity index is 1.40. The van der Waals surface area contributed by atoms with Gasteiger partial charge in [0.2, 0.25) is 5.91 Å². The molecular formula is C18H23N5O. The molecule has 0 radical (unpaired) electrons. The summed E-state index contributed by atoms with van der Waals surface area (Å²) in [5.74, 6) is 1.16. The highest BCUT2D eigenvalue weighted by molar-refractivity contribution is 5.76. The molecule has 0 saturated carbocycles. The number of anilines is 1. The maximum atomic E-state index is 11.5. The number of fused-ring (bicyclic) bond motifs is 1. The maximum Gasteiger partial charge on any atom is 0.220 e. The number of para-hydroxylation sites is 2. The average molecular weight is 325 g/mol. The molecule has 1 atom stereocenters. The summed E-state index contributed by atoms with van der Waals surface area (Å²) in [6.07, 6.45) is 4.57. The molecule has 0 spiro atoms. The first-order valence-electron chi connectivity index (χ1n) is 8.77. The number of nitrogens with one attached hydrogen (secondary N) is 1. The minimum atomic E-state index is 0.197. The molecule has 2 aliphatic heterocycles. The van der Waals surface area contributed by atoms with Gasteiger partial charge in [-0.05, 0) is 25.0 Å². The normalized spacial score (nSPS) is 23.1. The van der Waals surface area contributed by atoms with E-state index in [1.165, 1.54) is 0 Å². The van der Waals surface area contributed by atoms with Gasteiger partial charge in [0.15, 0.2) is 0 Å². The van der Waals surface area contributed by atoms with Crippen LogP contribution in [0.5, 0.6) is 0 Å². The van der Waals surface area contributed by atoms with Crippen LogP contribution in [0.2, 0.25) is 0 Å². The lowest BCUT2D eigenvalue weighted by Gasteiger charge is -2.39. The molecule has 3 heterocycles. The average Bonchev–Trinajstić information content (AvgIpc) is 2.86. The van der Waals surface area contributed by atoms with E-state index in [9.17, 15) is 4.79 Å². The lowest BCUT2D eigenvalue weighted by atomic mass is 10.1. The van der Waals surface area contributed by atoms with Gasteiger partial charge >= 0.3 is 0 Å². The molecule has 0 aliphatic carbocycles. The zero-order valence-electron chi connectivity index (χ0n) is 13.8. The van der Waals surface area contributed by atoms with Crippen molar-refractivity contribution in [2.24, 2.45) is 0 Å². The van der Waals surface area contributed by atoms with E-state index in [-0.39, 0.29) is 5.91 Å². The van der Waals surface area contributed by atoms with Crippen molar-refractivity contribution in [2.75, 3.05) is 37.6 Å². The van der Waals surface area contributed by atoms with E-state index in [4.69, 9.17) is 4.98 Å². The van der Waals surface area contributed by atoms with E-state index in [0.717, 1.165) is 62.4 Å². The summed E-state index contributed by atoms with van der Waals surface area (Å²) < 4.78 is 0. The van der Waals surface area contributed by atoms with E-state index in [1.807, 2.05) is 30.5 Å². The van der Waals surface area contributed by atoms with Crippen molar-refractivity contribution in [3.05, 3.63) is 30.5 Å². The van der Waals surface area contributed by atoms with Crippen LogP contribution in [0.3, 0.4) is 0 Å². The van der Waals surface area contributed by atoms with Crippen molar-refractivity contribution in [2.45, 2.75) is 25.3 Å². The molecule has 6 nitrogen and oxygen atoms in total. The van der Waals surface area contributed by atoms with Crippen LogP contribution in [0.15, 0.2) is 30.5 Å². The fourth-order valence-corrected chi connectivity index (χ4v) is 3.69. The Bertz CT molecular complexity index is 726. The van der Waals surface area contributed by atoms with Gasteiger partial charge < -0.3 is 10.2 Å². The molecule has 2 fully saturated rings. The van der Waals surface area contributed by atoms with Crippen LogP contribution in [0.1, 0.15) is 19.3 Å². The molecule has 2 saturated heterocycles. The van der Waals surface area contributed by atoms with Crippen molar-refractivity contribution >= 4 is 22.8 Å². The molecular weight excluding hydrogens is 302 g/mol. The van der Waals surface area contributed by atoms with Crippen molar-refractivity contribution in [3.8, 4) is 0 Å². The summed E-state index contributed by atoms with van der Waals surface area (Å²) in [6.45, 7) is 4.77. The van der Waals surface area contributed by atoms with Crippen LogP contribution in [0, 0.1) is 0 Å². The van der Waals surface area contributed by atoms with Crippen LogP contribution in [0.4, 0.5) is 5.82 Å². The summed E-state index contributed by atoms with van der Waals surface area (Å²) in [5.41, 5.74) is 1.89. The van der Waals surface area contributed by atoms with Crippen LogP contribution in [-0.2, 0) is 4.79 Å². The zero-order chi connectivity index (χ0) is 16.4. The second-order valence-electron chi connectivity index (χ2n) is 6.57. The van der Waals surface area contributed by atoms with Gasteiger partial charge in [-0.1, -0.05) is 12.1 Å². The first-order chi connectivity index (χ1) is 11.8. The number of carbonyl (C=O) groups excluding carboxylic acids is 1. The Hall–Kier alpha value is -2.21. The zero-order valence-corrected chi connectivity index (χ0v) is 13.8. The Morgan fingerprint density at radius 3 is 2.67 bits per heavy atom. The number of benzene rings is 1. The van der Waals surface area contributed by atoms with E-state index in [0.29, 0.717) is 12.5 Å². The topological polar surface area (TPSA) is 61.4 Å². The molecule has 0 bridgehead atoms. The fraction of sp³-hybridized carbons (Fsp3) is 0.500. The second kappa shape index (κ2) is 6.73. The summed E-state index contributed by atoms with van der Waals surface area (Å²) in [5, 5.41) is 2.97. The van der Waals surface area contributed by atoms with Gasteiger partial charge in [0.1, 0.15) is 5.82 Å². The van der Waals surface area contributed by atoms with Crippen LogP contribution in [0.25, 0.3) is 11.0 Å². The maximum absolute atomic E-state index is 11.5. The van der Waals surface area contributed by atoms with Gasteiger partial charge in [-0.25, -0.2) is 4.98 Å². The van der Waals surface area contributed by atoms with Crippen molar-refractivity contribution in [1.82, 2.24) is 20.2 Å². The van der Waals surface area contributed by atoms with Crippen molar-refractivity contribution in [3.63, 3.8) is 0 Å². The number of carbonyl (C=O) groups is 1. The predicted octanol–water partition coefficient (Wildman–Crippen LogP) is 1.42. The minimum Gasteiger partial charge on any atom is -0.356 e. The van der Waals surface area contributed by atoms with Crippen LogP contribution >= 0.6 is 0 Å². The highest BCUT2D eigenvalue weighted by atomic mass is 16.1. The smallest absolute Gasteiger partial charge is 0.220 e. The fourth-order valence-electron chi connectivity index (χ4n) is 3.69. The van der Waals surface area contributed by atoms with Gasteiger partial charge in [-0.15, -0.1) is 0 Å². The monoisotopic (exact) mass is 325 g/mol. The van der Waals surface area contributed by atoms with Crippen LogP contribution in [-0.4, -0.2) is 59.5 Å². The number of rotatable bonds is 2. The molecule has 1 N–H and O–H groups in total. The first-order valence-corrected chi connectivity index (χ1v) is 8.77. The van der Waals surface area contributed by atoms with Crippen LogP contribution < -0.4 is 10.2 Å². The third kappa shape index (κ3) is 3.19. The largest absolute Gasteiger partial charge is 0.356 e. The molecule has 0 unspecified atom stereocenters. The van der Waals surface area contributed by atoms with Gasteiger partial charge in [0.25, 0.3) is 0 Å². The lowest BCUT2D eigenvalue weighted by molar-refractivity contribution is -0.120. The molecule has 24 heavy (non-hydrogen) atoms. The summed E-state index contributed by atoms with van der Waals surface area (Å²) >= 11 is 0. The highest BCUT2D eigenvalue weighted by Crippen LogP contribution is 2.20. The predicted molar refractivity (Wildman–Crippen MR) is 94.0 cm³/mol. The Kier molecular flexibility index (Phi) is 4.30. The number of nitrogens with zero attached hydrogens (tertiary/aromatic N) is 4. The molecule has 1 amide bonds. The SMILES string of the molecule is O=C1CC[C@H](N2CCN(c3cnc4ccccc4n3)CC2)CCN1. The minimum absolute atomic E-state index is 0.197. The third-order valence-corrected chi connectivity index (χ3v) is 5.09. The summed E-state index contributed by atoms with van der Waals surface area (Å²) in [4.78, 5) is 25.6. The van der Waals surface area contributed by atoms with Gasteiger partial charge in [-0.2, -0.15) is 0 Å². The molecule has 1 aromatic carbocycles. The van der Waals surface area contributed by atoms with E-state index < -0.39 is 0 Å². The Labute approximate surface area is 141 Å². The molecule has 6 heteroatoms. The third-order valence-electron chi connectivity index (χ3n) is 5.09. The molecule has 126 valence electrons. The number of aromatic nitrogens is 2. The standard InChI is InChI=1S/C18H23N5O/c24-18-6-5-14(7-8-19-18)22-9-11-23(12-10-22)17-13-20-15-3-1-2-4-16(15)21-17/h1-4,13-14H,5-12H2,(H,19,24)/t14-/m0/s1. The first kappa shape index (κ1) is 15.3. The van der Waals surface area contributed by atoms with Gasteiger partial charge in [0, 0.05) is 45.2 Å². The van der Waals surface area contributed by atoms with Gasteiger partial charge in [0.05, 0.1) is 17.2 Å². The Morgan fingerprint density at radius 1 is 1.04 bits per heavy atom. The Morgan fingerprint density at radius 2 is 1.83 bits per heavy atom. The van der Waals surface area contributed by atoms with E-state index >= 15 is 0 Å². The van der Waals surface area contributed by atoms with E-state index in [2.05, 4.69) is 20.1 Å². The van der Waals surface area contributed by atoms with E-state index in [1.54, 1.807) is 0 Å². The molecule has 1 aromatic heterocycles. The number of hydrogen-bond donors (Lipinski definition) is 1. The second-order valence-corrected chi connectivity index (χ2v) is 6.57. The quantitative estimate of drug-likeness (QED) is 0.905. The molecule has 2 aromatic rings. The summed E-state index contributed by atoms with van der Waals surface area (Å²) in [7, 11) is 0. The van der Waals surface area contributed by atoms with Crippen molar-refractivity contribution in [1.29, 1.82) is 0 Å².